The van der Waals surface area contributed by atoms with Crippen molar-refractivity contribution in [1.82, 2.24) is 9.55 Å². The summed E-state index contributed by atoms with van der Waals surface area (Å²) in [5.41, 5.74) is 0.662. The molecular formula is C15H18N2O3S. The van der Waals surface area contributed by atoms with Crippen molar-refractivity contribution in [3.8, 4) is 0 Å². The number of fused-ring (bicyclic) bond motifs is 1. The number of nitrogens with zero attached hydrogens (tertiary/aromatic N) is 2. The number of hydrogen-bond donors (Lipinski definition) is 0. The zero-order chi connectivity index (χ0) is 15.0. The average molecular weight is 306 g/mol. The van der Waals surface area contributed by atoms with E-state index in [9.17, 15) is 9.59 Å². The molecule has 3 rings (SSSR count). The topological polar surface area (TPSA) is 61.2 Å². The van der Waals surface area contributed by atoms with Crippen molar-refractivity contribution in [2.75, 3.05) is 6.61 Å². The van der Waals surface area contributed by atoms with Gasteiger partial charge in [-0.3, -0.25) is 9.36 Å². The summed E-state index contributed by atoms with van der Waals surface area (Å²) in [7, 11) is 0. The molecule has 0 aliphatic heterocycles. The van der Waals surface area contributed by atoms with Gasteiger partial charge in [0.25, 0.3) is 5.56 Å². The Morgan fingerprint density at radius 2 is 2.19 bits per heavy atom. The summed E-state index contributed by atoms with van der Waals surface area (Å²) in [5.74, 6) is -0.371. The van der Waals surface area contributed by atoms with Crippen LogP contribution in [0.15, 0.2) is 11.1 Å². The minimum absolute atomic E-state index is 0.0313. The minimum atomic E-state index is -0.371. The van der Waals surface area contributed by atoms with Gasteiger partial charge in [-0.25, -0.2) is 9.78 Å². The van der Waals surface area contributed by atoms with Gasteiger partial charge in [-0.05, 0) is 32.3 Å². The van der Waals surface area contributed by atoms with Crippen LogP contribution < -0.4 is 5.56 Å². The number of esters is 1. The summed E-state index contributed by atoms with van der Waals surface area (Å²) in [6, 6.07) is 0.250. The van der Waals surface area contributed by atoms with Gasteiger partial charge in [-0.15, -0.1) is 11.3 Å². The molecule has 0 saturated heterocycles. The van der Waals surface area contributed by atoms with Crippen LogP contribution in [0.4, 0.5) is 0 Å². The zero-order valence-electron chi connectivity index (χ0n) is 12.2. The molecule has 0 atom stereocenters. The monoisotopic (exact) mass is 306 g/mol. The Balaban J connectivity index is 2.12. The van der Waals surface area contributed by atoms with E-state index in [2.05, 4.69) is 4.98 Å². The molecule has 5 nitrogen and oxygen atoms in total. The van der Waals surface area contributed by atoms with E-state index < -0.39 is 0 Å². The number of hydrogen-bond acceptors (Lipinski definition) is 5. The van der Waals surface area contributed by atoms with Gasteiger partial charge in [0.05, 0.1) is 18.3 Å². The second-order valence-electron chi connectivity index (χ2n) is 5.35. The van der Waals surface area contributed by atoms with Crippen molar-refractivity contribution in [2.24, 2.45) is 0 Å². The molecule has 2 aromatic rings. The molecule has 0 aromatic carbocycles. The third kappa shape index (κ3) is 2.37. The van der Waals surface area contributed by atoms with Crippen molar-refractivity contribution < 1.29 is 9.53 Å². The summed E-state index contributed by atoms with van der Waals surface area (Å²) >= 11 is 1.24. The fraction of sp³-hybridized carbons (Fsp3) is 0.533. The highest BCUT2D eigenvalue weighted by molar-refractivity contribution is 7.20. The Morgan fingerprint density at radius 1 is 1.48 bits per heavy atom. The number of thiophene rings is 1. The standard InChI is InChI=1S/C15H18N2O3S/c1-3-20-15(19)12-9(2)11-13(21-12)16-8-17(14(11)18)10-6-4-5-7-10/h8,10H,3-7H2,1-2H3. The fourth-order valence-corrected chi connectivity index (χ4v) is 4.00. The predicted molar refractivity (Wildman–Crippen MR) is 82.1 cm³/mol. The molecule has 1 aliphatic rings. The van der Waals surface area contributed by atoms with Crippen LogP contribution in [0.2, 0.25) is 0 Å². The summed E-state index contributed by atoms with van der Waals surface area (Å²) in [6.45, 7) is 3.89. The van der Waals surface area contributed by atoms with Crippen LogP contribution in [0.25, 0.3) is 10.2 Å². The Kier molecular flexibility index (Phi) is 3.80. The number of carbonyl (C=O) groups is 1. The molecule has 112 valence electrons. The van der Waals surface area contributed by atoms with Crippen LogP contribution in [0.3, 0.4) is 0 Å². The second kappa shape index (κ2) is 5.60. The van der Waals surface area contributed by atoms with Gasteiger partial charge in [0, 0.05) is 6.04 Å². The van der Waals surface area contributed by atoms with Crippen LogP contribution >= 0.6 is 11.3 Å². The van der Waals surface area contributed by atoms with Gasteiger partial charge in [0.2, 0.25) is 0 Å². The van der Waals surface area contributed by atoms with Gasteiger partial charge in [0.15, 0.2) is 0 Å². The highest BCUT2D eigenvalue weighted by Crippen LogP contribution is 2.31. The van der Waals surface area contributed by atoms with Crippen molar-refractivity contribution >= 4 is 27.5 Å². The summed E-state index contributed by atoms with van der Waals surface area (Å²) in [4.78, 5) is 30.1. The van der Waals surface area contributed by atoms with Crippen LogP contribution in [-0.2, 0) is 4.74 Å². The van der Waals surface area contributed by atoms with Crippen LogP contribution in [0, 0.1) is 6.92 Å². The Hall–Kier alpha value is -1.69. The first kappa shape index (κ1) is 14.3. The molecule has 0 radical (unpaired) electrons. The largest absolute Gasteiger partial charge is 0.462 e. The molecule has 0 spiro atoms. The quantitative estimate of drug-likeness (QED) is 0.818. The SMILES string of the molecule is CCOC(=O)c1sc2ncn(C3CCCC3)c(=O)c2c1C. The predicted octanol–water partition coefficient (Wildman–Crippen LogP) is 3.06. The van der Waals surface area contributed by atoms with E-state index >= 15 is 0 Å². The van der Waals surface area contributed by atoms with E-state index in [1.807, 2.05) is 0 Å². The van der Waals surface area contributed by atoms with E-state index in [0.717, 1.165) is 25.7 Å². The first-order valence-electron chi connectivity index (χ1n) is 7.30. The van der Waals surface area contributed by atoms with Crippen LogP contribution in [0.5, 0.6) is 0 Å². The summed E-state index contributed by atoms with van der Waals surface area (Å²) in [6.07, 6.45) is 6.01. The molecule has 0 unspecified atom stereocenters. The van der Waals surface area contributed by atoms with Crippen molar-refractivity contribution in [1.29, 1.82) is 0 Å². The van der Waals surface area contributed by atoms with Crippen LogP contribution in [-0.4, -0.2) is 22.1 Å². The maximum atomic E-state index is 12.7. The van der Waals surface area contributed by atoms with E-state index in [0.29, 0.717) is 27.3 Å². The zero-order valence-corrected chi connectivity index (χ0v) is 13.0. The highest BCUT2D eigenvalue weighted by atomic mass is 32.1. The normalized spacial score (nSPS) is 15.7. The molecular weight excluding hydrogens is 288 g/mol. The van der Waals surface area contributed by atoms with Crippen molar-refractivity contribution in [3.05, 3.63) is 27.1 Å². The van der Waals surface area contributed by atoms with Gasteiger partial charge in [-0.1, -0.05) is 12.8 Å². The molecule has 0 N–H and O–H groups in total. The molecule has 2 heterocycles. The lowest BCUT2D eigenvalue weighted by molar-refractivity contribution is 0.0531. The maximum absolute atomic E-state index is 12.7. The lowest BCUT2D eigenvalue weighted by atomic mass is 10.2. The average Bonchev–Trinajstić information content (AvgIpc) is 3.08. The molecule has 0 bridgehead atoms. The summed E-state index contributed by atoms with van der Waals surface area (Å²) in [5, 5.41) is 0.567. The highest BCUT2D eigenvalue weighted by Gasteiger charge is 2.23. The van der Waals surface area contributed by atoms with Gasteiger partial charge in [-0.2, -0.15) is 0 Å². The van der Waals surface area contributed by atoms with Gasteiger partial charge >= 0.3 is 5.97 Å². The molecule has 21 heavy (non-hydrogen) atoms. The minimum Gasteiger partial charge on any atom is -0.462 e. The molecule has 2 aromatic heterocycles. The number of aromatic nitrogens is 2. The number of carbonyl (C=O) groups excluding carboxylic acids is 1. The summed E-state index contributed by atoms with van der Waals surface area (Å²) < 4.78 is 6.78. The lowest BCUT2D eigenvalue weighted by Gasteiger charge is -2.12. The van der Waals surface area contributed by atoms with Gasteiger partial charge in [0.1, 0.15) is 9.71 Å². The van der Waals surface area contributed by atoms with Crippen molar-refractivity contribution in [3.63, 3.8) is 0 Å². The number of rotatable bonds is 3. The number of aryl methyl sites for hydroxylation is 1. The molecule has 1 fully saturated rings. The van der Waals surface area contributed by atoms with E-state index in [4.69, 9.17) is 4.74 Å². The third-order valence-electron chi connectivity index (χ3n) is 4.05. The lowest BCUT2D eigenvalue weighted by Crippen LogP contribution is -2.23. The molecule has 6 heteroatoms. The fourth-order valence-electron chi connectivity index (χ4n) is 2.97. The first-order chi connectivity index (χ1) is 10.1. The molecule has 1 aliphatic carbocycles. The van der Waals surface area contributed by atoms with E-state index in [1.54, 1.807) is 24.7 Å². The second-order valence-corrected chi connectivity index (χ2v) is 6.35. The smallest absolute Gasteiger partial charge is 0.348 e. The van der Waals surface area contributed by atoms with E-state index in [1.165, 1.54) is 11.3 Å². The van der Waals surface area contributed by atoms with Gasteiger partial charge < -0.3 is 4.74 Å². The third-order valence-corrected chi connectivity index (χ3v) is 5.23. The molecule has 0 amide bonds. The van der Waals surface area contributed by atoms with Crippen LogP contribution in [0.1, 0.15) is 53.9 Å². The Morgan fingerprint density at radius 3 is 2.86 bits per heavy atom. The molecule has 1 saturated carbocycles. The van der Waals surface area contributed by atoms with Crippen molar-refractivity contribution in [2.45, 2.75) is 45.6 Å². The van der Waals surface area contributed by atoms with E-state index in [-0.39, 0.29) is 17.6 Å². The first-order valence-corrected chi connectivity index (χ1v) is 8.12. The Bertz CT molecular complexity index is 741. The maximum Gasteiger partial charge on any atom is 0.348 e. The number of ether oxygens (including phenoxy) is 1. The Labute approximate surface area is 126 Å².